The Morgan fingerprint density at radius 3 is 1.02 bits per heavy atom. The lowest BCUT2D eigenvalue weighted by atomic mass is 10.0. The summed E-state index contributed by atoms with van der Waals surface area (Å²) < 4.78 is 16.8. The van der Waals surface area contributed by atoms with Crippen molar-refractivity contribution in [2.24, 2.45) is 0 Å². The summed E-state index contributed by atoms with van der Waals surface area (Å²) >= 11 is 0. The van der Waals surface area contributed by atoms with Gasteiger partial charge in [-0.05, 0) is 83.5 Å². The molecule has 1 atom stereocenters. The van der Waals surface area contributed by atoms with E-state index in [1.165, 1.54) is 96.3 Å². The van der Waals surface area contributed by atoms with Crippen LogP contribution in [0.5, 0.6) is 0 Å². The smallest absolute Gasteiger partial charge is 0.306 e. The van der Waals surface area contributed by atoms with E-state index in [1.807, 2.05) is 0 Å². The molecule has 0 fully saturated rings. The molecule has 1 unspecified atom stereocenters. The van der Waals surface area contributed by atoms with Crippen molar-refractivity contribution in [2.45, 2.75) is 258 Å². The van der Waals surface area contributed by atoms with Gasteiger partial charge in [0, 0.05) is 19.3 Å². The van der Waals surface area contributed by atoms with Crippen molar-refractivity contribution >= 4 is 17.9 Å². The van der Waals surface area contributed by atoms with Gasteiger partial charge in [0.25, 0.3) is 0 Å². The van der Waals surface area contributed by atoms with Gasteiger partial charge in [-0.2, -0.15) is 0 Å². The van der Waals surface area contributed by atoms with E-state index >= 15 is 0 Å². The van der Waals surface area contributed by atoms with Gasteiger partial charge in [-0.15, -0.1) is 0 Å². The van der Waals surface area contributed by atoms with Gasteiger partial charge < -0.3 is 14.2 Å². The lowest BCUT2D eigenvalue weighted by Gasteiger charge is -2.18. The summed E-state index contributed by atoms with van der Waals surface area (Å²) in [6.45, 7) is 6.46. The van der Waals surface area contributed by atoms with Crippen LogP contribution in [0.4, 0.5) is 0 Å². The Labute approximate surface area is 389 Å². The van der Waals surface area contributed by atoms with E-state index in [9.17, 15) is 14.4 Å². The lowest BCUT2D eigenvalue weighted by Crippen LogP contribution is -2.30. The molecule has 0 saturated carbocycles. The lowest BCUT2D eigenvalue weighted by molar-refractivity contribution is -0.167. The van der Waals surface area contributed by atoms with Gasteiger partial charge in [0.15, 0.2) is 6.10 Å². The molecule has 0 rings (SSSR count). The molecule has 6 nitrogen and oxygen atoms in total. The van der Waals surface area contributed by atoms with Crippen LogP contribution in [0.2, 0.25) is 0 Å². The SMILES string of the molecule is CC/C=C\C/C=C\C/C=C\C/C=C\CCCCCCCCC(=O)OCC(COC(=O)CCCCCCCCCCCCCC)OC(=O)CCCCCCC/C=C\C/C=C\CCCC. The number of ether oxygens (including phenoxy) is 3. The molecule has 0 aromatic carbocycles. The van der Waals surface area contributed by atoms with Crippen molar-refractivity contribution in [1.82, 2.24) is 0 Å². The van der Waals surface area contributed by atoms with Crippen molar-refractivity contribution in [2.75, 3.05) is 13.2 Å². The van der Waals surface area contributed by atoms with E-state index in [0.717, 1.165) is 116 Å². The van der Waals surface area contributed by atoms with Gasteiger partial charge in [0.2, 0.25) is 0 Å². The van der Waals surface area contributed by atoms with Gasteiger partial charge in [-0.25, -0.2) is 0 Å². The van der Waals surface area contributed by atoms with Crippen LogP contribution in [0, 0.1) is 0 Å². The molecule has 0 aliphatic carbocycles. The van der Waals surface area contributed by atoms with Gasteiger partial charge in [-0.1, -0.05) is 222 Å². The van der Waals surface area contributed by atoms with Crippen LogP contribution in [0.3, 0.4) is 0 Å². The number of carbonyl (C=O) groups excluding carboxylic acids is 3. The van der Waals surface area contributed by atoms with E-state index < -0.39 is 6.10 Å². The first-order valence-electron chi connectivity index (χ1n) is 26.4. The van der Waals surface area contributed by atoms with Gasteiger partial charge in [-0.3, -0.25) is 14.4 Å². The highest BCUT2D eigenvalue weighted by Crippen LogP contribution is 2.15. The Morgan fingerprint density at radius 2 is 0.635 bits per heavy atom. The van der Waals surface area contributed by atoms with Crippen LogP contribution in [0.1, 0.15) is 252 Å². The standard InChI is InChI=1S/C57H98O6/c1-4-7-10-13-16-19-22-25-27-28-29-30-31-33-35-38-41-44-47-50-56(59)62-53-54(52-61-55(58)49-46-43-40-37-34-24-21-18-15-12-9-6-3)63-57(60)51-48-45-42-39-36-32-26-23-20-17-14-11-8-5-2/h7,10,14,16-17,19,23,25-27,29-30,54H,4-6,8-9,11-13,15,18,20-22,24,28,31-53H2,1-3H3/b10-7-,17-14-,19-16-,26-23-,27-25-,30-29-. The summed E-state index contributed by atoms with van der Waals surface area (Å²) in [5, 5.41) is 0. The van der Waals surface area contributed by atoms with E-state index in [0.29, 0.717) is 19.3 Å². The third-order valence-electron chi connectivity index (χ3n) is 11.2. The fraction of sp³-hybridized carbons (Fsp3) is 0.737. The minimum atomic E-state index is -0.786. The Hall–Kier alpha value is -3.15. The molecule has 0 aliphatic rings. The maximum atomic E-state index is 12.8. The minimum absolute atomic E-state index is 0.0843. The van der Waals surface area contributed by atoms with Crippen molar-refractivity contribution in [3.63, 3.8) is 0 Å². The normalized spacial score (nSPS) is 12.6. The average Bonchev–Trinajstić information content (AvgIpc) is 3.28. The Bertz CT molecular complexity index is 1190. The third kappa shape index (κ3) is 49.7. The largest absolute Gasteiger partial charge is 0.462 e. The van der Waals surface area contributed by atoms with Crippen molar-refractivity contribution in [1.29, 1.82) is 0 Å². The topological polar surface area (TPSA) is 78.9 Å². The van der Waals surface area contributed by atoms with Crippen LogP contribution in [-0.4, -0.2) is 37.2 Å². The molecule has 0 radical (unpaired) electrons. The zero-order valence-electron chi connectivity index (χ0n) is 41.3. The Balaban J connectivity index is 4.40. The molecule has 0 saturated heterocycles. The molecule has 0 amide bonds. The molecular formula is C57H98O6. The average molecular weight is 879 g/mol. The van der Waals surface area contributed by atoms with Crippen LogP contribution in [-0.2, 0) is 28.6 Å². The summed E-state index contributed by atoms with van der Waals surface area (Å²) in [4.78, 5) is 38.0. The van der Waals surface area contributed by atoms with Crippen LogP contribution >= 0.6 is 0 Å². The highest BCUT2D eigenvalue weighted by Gasteiger charge is 2.19. The van der Waals surface area contributed by atoms with E-state index in [4.69, 9.17) is 14.2 Å². The van der Waals surface area contributed by atoms with E-state index in [2.05, 4.69) is 93.7 Å². The first kappa shape index (κ1) is 59.9. The monoisotopic (exact) mass is 879 g/mol. The number of esters is 3. The second-order valence-electron chi connectivity index (χ2n) is 17.4. The zero-order valence-corrected chi connectivity index (χ0v) is 41.3. The molecule has 0 spiro atoms. The second kappa shape index (κ2) is 51.5. The second-order valence-corrected chi connectivity index (χ2v) is 17.4. The van der Waals surface area contributed by atoms with Gasteiger partial charge in [0.1, 0.15) is 13.2 Å². The summed E-state index contributed by atoms with van der Waals surface area (Å²) in [6.07, 6.45) is 64.5. The first-order valence-corrected chi connectivity index (χ1v) is 26.4. The Kier molecular flexibility index (Phi) is 48.9. The molecule has 0 bridgehead atoms. The van der Waals surface area contributed by atoms with Crippen LogP contribution < -0.4 is 0 Å². The van der Waals surface area contributed by atoms with Crippen molar-refractivity contribution in [3.05, 3.63) is 72.9 Å². The maximum Gasteiger partial charge on any atom is 0.306 e. The highest BCUT2D eigenvalue weighted by molar-refractivity contribution is 5.71. The fourth-order valence-corrected chi connectivity index (χ4v) is 7.21. The molecule has 0 aliphatic heterocycles. The number of carbonyl (C=O) groups is 3. The molecule has 0 aromatic rings. The summed E-state index contributed by atoms with van der Waals surface area (Å²) in [5.41, 5.74) is 0. The molecule has 6 heteroatoms. The first-order chi connectivity index (χ1) is 31.0. The number of unbranched alkanes of at least 4 members (excludes halogenated alkanes) is 24. The molecule has 0 heterocycles. The van der Waals surface area contributed by atoms with Crippen molar-refractivity contribution < 1.29 is 28.6 Å². The Morgan fingerprint density at radius 1 is 0.333 bits per heavy atom. The number of allylic oxidation sites excluding steroid dienone is 12. The van der Waals surface area contributed by atoms with Gasteiger partial charge in [0.05, 0.1) is 0 Å². The molecule has 0 aromatic heterocycles. The molecular weight excluding hydrogens is 781 g/mol. The maximum absolute atomic E-state index is 12.8. The summed E-state index contributed by atoms with van der Waals surface area (Å²) in [6, 6.07) is 0. The fourth-order valence-electron chi connectivity index (χ4n) is 7.21. The summed E-state index contributed by atoms with van der Waals surface area (Å²) in [5.74, 6) is -0.910. The predicted octanol–water partition coefficient (Wildman–Crippen LogP) is 17.4. The van der Waals surface area contributed by atoms with E-state index in [1.54, 1.807) is 0 Å². The van der Waals surface area contributed by atoms with Crippen LogP contribution in [0.25, 0.3) is 0 Å². The molecule has 0 N–H and O–H groups in total. The minimum Gasteiger partial charge on any atom is -0.462 e. The van der Waals surface area contributed by atoms with Crippen molar-refractivity contribution in [3.8, 4) is 0 Å². The van der Waals surface area contributed by atoms with Crippen LogP contribution in [0.15, 0.2) is 72.9 Å². The number of hydrogen-bond acceptors (Lipinski definition) is 6. The molecule has 63 heavy (non-hydrogen) atoms. The number of rotatable bonds is 47. The predicted molar refractivity (Wildman–Crippen MR) is 270 cm³/mol. The quantitative estimate of drug-likeness (QED) is 0.0262. The third-order valence-corrected chi connectivity index (χ3v) is 11.2. The number of hydrogen-bond donors (Lipinski definition) is 0. The zero-order chi connectivity index (χ0) is 45.8. The van der Waals surface area contributed by atoms with Gasteiger partial charge >= 0.3 is 17.9 Å². The summed E-state index contributed by atoms with van der Waals surface area (Å²) in [7, 11) is 0. The molecule has 362 valence electrons. The van der Waals surface area contributed by atoms with E-state index in [-0.39, 0.29) is 31.1 Å². The highest BCUT2D eigenvalue weighted by atomic mass is 16.6.